The number of carboxylic acids is 1. The summed E-state index contributed by atoms with van der Waals surface area (Å²) in [6.07, 6.45) is -0.868. The first kappa shape index (κ1) is 17.9. The van der Waals surface area contributed by atoms with E-state index in [9.17, 15) is 24.6 Å². The molecule has 0 aromatic heterocycles. The van der Waals surface area contributed by atoms with Gasteiger partial charge in [0.05, 0.1) is 6.10 Å². The van der Waals surface area contributed by atoms with Crippen molar-refractivity contribution in [3.8, 4) is 0 Å². The average molecular weight is 334 g/mol. The topological polar surface area (TPSA) is 107 Å². The van der Waals surface area contributed by atoms with Crippen molar-refractivity contribution in [2.45, 2.75) is 44.4 Å². The molecule has 3 N–H and O–H groups in total. The van der Waals surface area contributed by atoms with Gasteiger partial charge >= 0.3 is 5.97 Å². The molecule has 0 radical (unpaired) electrons. The van der Waals surface area contributed by atoms with Crippen LogP contribution in [0.1, 0.15) is 25.8 Å². The predicted molar refractivity (Wildman–Crippen MR) is 86.1 cm³/mol. The second-order valence-corrected chi connectivity index (χ2v) is 6.23. The summed E-state index contributed by atoms with van der Waals surface area (Å²) >= 11 is 0. The molecule has 1 aromatic carbocycles. The van der Waals surface area contributed by atoms with E-state index in [1.54, 1.807) is 24.3 Å². The predicted octanol–water partition coefficient (Wildman–Crippen LogP) is 0.170. The van der Waals surface area contributed by atoms with Crippen molar-refractivity contribution in [1.29, 1.82) is 0 Å². The molecule has 7 heteroatoms. The molecule has 24 heavy (non-hydrogen) atoms. The van der Waals surface area contributed by atoms with Crippen LogP contribution in [0.5, 0.6) is 0 Å². The Morgan fingerprint density at radius 2 is 1.96 bits per heavy atom. The van der Waals surface area contributed by atoms with Crippen LogP contribution in [0.15, 0.2) is 30.3 Å². The van der Waals surface area contributed by atoms with E-state index in [0.717, 1.165) is 5.56 Å². The third-order valence-corrected chi connectivity index (χ3v) is 4.28. The summed E-state index contributed by atoms with van der Waals surface area (Å²) in [7, 11) is 0. The second-order valence-electron chi connectivity index (χ2n) is 6.23. The molecule has 7 nitrogen and oxygen atoms in total. The monoisotopic (exact) mass is 334 g/mol. The molecule has 0 spiro atoms. The lowest BCUT2D eigenvalue weighted by atomic mass is 9.87. The van der Waals surface area contributed by atoms with Gasteiger partial charge in [0.2, 0.25) is 11.8 Å². The number of hydrogen-bond acceptors (Lipinski definition) is 4. The molecule has 1 aromatic rings. The molecule has 1 heterocycles. The van der Waals surface area contributed by atoms with Gasteiger partial charge in [-0.25, -0.2) is 4.79 Å². The Bertz CT molecular complexity index is 633. The van der Waals surface area contributed by atoms with E-state index in [4.69, 9.17) is 0 Å². The number of aliphatic hydroxyl groups excluding tert-OH is 1. The zero-order valence-corrected chi connectivity index (χ0v) is 13.7. The van der Waals surface area contributed by atoms with Crippen LogP contribution in [0.3, 0.4) is 0 Å². The van der Waals surface area contributed by atoms with Gasteiger partial charge < -0.3 is 20.4 Å². The zero-order chi connectivity index (χ0) is 17.9. The Balaban J connectivity index is 2.34. The fraction of sp³-hybridized carbons (Fsp3) is 0.471. The highest BCUT2D eigenvalue weighted by Gasteiger charge is 2.53. The summed E-state index contributed by atoms with van der Waals surface area (Å²) in [6.45, 7) is 2.72. The molecule has 1 fully saturated rings. The zero-order valence-electron chi connectivity index (χ0n) is 13.7. The molecule has 3 atom stereocenters. The number of amides is 2. The number of rotatable bonds is 5. The van der Waals surface area contributed by atoms with Crippen LogP contribution < -0.4 is 5.32 Å². The third-order valence-electron chi connectivity index (χ3n) is 4.28. The molecule has 1 saturated heterocycles. The van der Waals surface area contributed by atoms with E-state index in [2.05, 4.69) is 5.32 Å². The third kappa shape index (κ3) is 3.56. The van der Waals surface area contributed by atoms with E-state index in [1.165, 1.54) is 18.7 Å². The van der Waals surface area contributed by atoms with E-state index >= 15 is 0 Å². The number of carbonyl (C=O) groups excluding carboxylic acids is 2. The van der Waals surface area contributed by atoms with Crippen LogP contribution in [0.25, 0.3) is 0 Å². The summed E-state index contributed by atoms with van der Waals surface area (Å²) in [5.74, 6) is -2.05. The molecule has 0 bridgehead atoms. The molecule has 0 saturated carbocycles. The number of nitrogens with zero attached hydrogens (tertiary/aromatic N) is 1. The van der Waals surface area contributed by atoms with Crippen molar-refractivity contribution < 1.29 is 24.6 Å². The lowest BCUT2D eigenvalue weighted by Crippen LogP contribution is -2.58. The minimum Gasteiger partial charge on any atom is -0.479 e. The maximum absolute atomic E-state index is 12.7. The van der Waals surface area contributed by atoms with Gasteiger partial charge in [-0.05, 0) is 12.5 Å². The lowest BCUT2D eigenvalue weighted by Gasteiger charge is -2.36. The molecular formula is C17H22N2O5. The van der Waals surface area contributed by atoms with E-state index < -0.39 is 29.6 Å². The molecule has 2 rings (SSSR count). The number of carboxylic acid groups (broad SMARTS) is 1. The van der Waals surface area contributed by atoms with Crippen molar-refractivity contribution in [1.82, 2.24) is 10.2 Å². The quantitative estimate of drug-likeness (QED) is 0.712. The number of carbonyl (C=O) groups is 3. The van der Waals surface area contributed by atoms with Gasteiger partial charge in [-0.1, -0.05) is 30.3 Å². The van der Waals surface area contributed by atoms with Crippen LogP contribution >= 0.6 is 0 Å². The Morgan fingerprint density at radius 1 is 1.33 bits per heavy atom. The van der Waals surface area contributed by atoms with Gasteiger partial charge in [0.1, 0.15) is 11.6 Å². The highest BCUT2D eigenvalue weighted by Crippen LogP contribution is 2.34. The average Bonchev–Trinajstić information content (AvgIpc) is 2.84. The van der Waals surface area contributed by atoms with E-state index in [1.807, 2.05) is 6.07 Å². The number of β-amino-alcohol motifs (C(OH)–C–C–N with tert-alkyl or cyclic N) is 1. The fourth-order valence-corrected chi connectivity index (χ4v) is 3.23. The highest BCUT2D eigenvalue weighted by atomic mass is 16.4. The summed E-state index contributed by atoms with van der Waals surface area (Å²) in [5.41, 5.74) is -0.760. The van der Waals surface area contributed by atoms with Crippen LogP contribution in [0.2, 0.25) is 0 Å². The Labute approximate surface area is 140 Å². The minimum absolute atomic E-state index is 0.0459. The van der Waals surface area contributed by atoms with Crippen LogP contribution in [0, 0.1) is 0 Å². The van der Waals surface area contributed by atoms with Crippen molar-refractivity contribution in [2.24, 2.45) is 0 Å². The second kappa shape index (κ2) is 7.00. The highest BCUT2D eigenvalue weighted by molar-refractivity contribution is 5.92. The molecule has 0 unspecified atom stereocenters. The summed E-state index contributed by atoms with van der Waals surface area (Å²) in [6, 6.07) is 8.12. The number of hydrogen-bond donors (Lipinski definition) is 3. The van der Waals surface area contributed by atoms with E-state index in [-0.39, 0.29) is 25.3 Å². The normalized spacial score (nSPS) is 24.5. The summed E-state index contributed by atoms with van der Waals surface area (Å²) < 4.78 is 0. The van der Waals surface area contributed by atoms with Crippen LogP contribution in [-0.2, 0) is 20.8 Å². The van der Waals surface area contributed by atoms with Gasteiger partial charge in [0, 0.05) is 26.3 Å². The van der Waals surface area contributed by atoms with Crippen molar-refractivity contribution in [2.75, 3.05) is 6.54 Å². The number of nitrogens with one attached hydrogen (secondary N) is 1. The van der Waals surface area contributed by atoms with Gasteiger partial charge in [0.25, 0.3) is 0 Å². The summed E-state index contributed by atoms with van der Waals surface area (Å²) in [4.78, 5) is 37.1. The standard InChI is InChI=1S/C17H22N2O5/c1-11(18-12(2)20)15(22)19-10-14(21)9-17(19,16(23)24)8-13-6-4-3-5-7-13/h3-7,11,14,21H,8-10H2,1-2H3,(H,18,20)(H,23,24)/t11-,14+,17-/m0/s1. The van der Waals surface area contributed by atoms with Crippen LogP contribution in [-0.4, -0.2) is 57.1 Å². The first-order valence-corrected chi connectivity index (χ1v) is 7.80. The van der Waals surface area contributed by atoms with Gasteiger partial charge in [-0.2, -0.15) is 0 Å². The van der Waals surface area contributed by atoms with Gasteiger partial charge in [-0.15, -0.1) is 0 Å². The molecule has 2 amide bonds. The lowest BCUT2D eigenvalue weighted by molar-refractivity contribution is -0.157. The minimum atomic E-state index is -1.52. The molecule has 0 aliphatic carbocycles. The molecule has 1 aliphatic rings. The van der Waals surface area contributed by atoms with E-state index in [0.29, 0.717) is 0 Å². The van der Waals surface area contributed by atoms with Crippen molar-refractivity contribution >= 4 is 17.8 Å². The Hall–Kier alpha value is -2.41. The SMILES string of the molecule is CC(=O)N[C@@H](C)C(=O)N1C[C@H](O)C[C@@]1(Cc1ccccc1)C(=O)O. The largest absolute Gasteiger partial charge is 0.479 e. The first-order valence-electron chi connectivity index (χ1n) is 7.80. The maximum Gasteiger partial charge on any atom is 0.330 e. The summed E-state index contributed by atoms with van der Waals surface area (Å²) in [5, 5.41) is 22.3. The van der Waals surface area contributed by atoms with Crippen LogP contribution in [0.4, 0.5) is 0 Å². The van der Waals surface area contributed by atoms with Crippen molar-refractivity contribution in [3.05, 3.63) is 35.9 Å². The Morgan fingerprint density at radius 3 is 2.50 bits per heavy atom. The number of aliphatic hydroxyl groups is 1. The maximum atomic E-state index is 12.7. The molecule has 1 aliphatic heterocycles. The number of benzene rings is 1. The van der Waals surface area contributed by atoms with Crippen molar-refractivity contribution in [3.63, 3.8) is 0 Å². The number of likely N-dealkylation sites (tertiary alicyclic amines) is 1. The fourth-order valence-electron chi connectivity index (χ4n) is 3.23. The first-order chi connectivity index (χ1) is 11.3. The van der Waals surface area contributed by atoms with Gasteiger partial charge in [0.15, 0.2) is 0 Å². The van der Waals surface area contributed by atoms with Gasteiger partial charge in [-0.3, -0.25) is 9.59 Å². The number of aliphatic carboxylic acids is 1. The smallest absolute Gasteiger partial charge is 0.330 e. The molecule has 130 valence electrons. The Kier molecular flexibility index (Phi) is 5.23. The molecular weight excluding hydrogens is 312 g/mol.